The molecule has 0 aliphatic rings. The average molecular weight is 399 g/mol. The predicted octanol–water partition coefficient (Wildman–Crippen LogP) is 2.26. The first kappa shape index (κ1) is 17.5. The lowest BCUT2D eigenvalue weighted by molar-refractivity contribution is 1.19. The van der Waals surface area contributed by atoms with Gasteiger partial charge in [0.2, 0.25) is 5.95 Å². The van der Waals surface area contributed by atoms with Gasteiger partial charge in [-0.3, -0.25) is 14.8 Å². The highest BCUT2D eigenvalue weighted by atomic mass is 16.1. The molecule has 0 aliphatic heterocycles. The van der Waals surface area contributed by atoms with Gasteiger partial charge in [0.1, 0.15) is 5.82 Å². The summed E-state index contributed by atoms with van der Waals surface area (Å²) in [7, 11) is 0. The monoisotopic (exact) mass is 399 g/mol. The van der Waals surface area contributed by atoms with E-state index in [1.807, 2.05) is 30.3 Å². The molecule has 0 atom stereocenters. The summed E-state index contributed by atoms with van der Waals surface area (Å²) in [5, 5.41) is 3.30. The van der Waals surface area contributed by atoms with E-state index in [1.165, 1.54) is 0 Å². The summed E-state index contributed by atoms with van der Waals surface area (Å²) in [5.41, 5.74) is 20.0. The molecule has 0 saturated carbocycles. The molecule has 6 rings (SSSR count). The zero-order chi connectivity index (χ0) is 20.8. The van der Waals surface area contributed by atoms with Gasteiger partial charge in [0.05, 0.1) is 21.9 Å². The number of H-pyrrole nitrogens is 3. The van der Waals surface area contributed by atoms with Gasteiger partial charge in [-0.05, 0) is 36.4 Å². The number of hydrogen-bond donors (Lipinski definition) is 6. The maximum absolute atomic E-state index is 11.7. The number of rotatable bonds is 0. The highest BCUT2D eigenvalue weighted by molar-refractivity contribution is 6.10. The van der Waals surface area contributed by atoms with Gasteiger partial charge in [0.25, 0.3) is 5.56 Å². The number of benzene rings is 2. The first-order valence-corrected chi connectivity index (χ1v) is 9.05. The number of nitrogens with two attached hydrogens (primary N) is 3. The Morgan fingerprint density at radius 2 is 1.50 bits per heavy atom. The third-order valence-corrected chi connectivity index (χ3v) is 4.86. The lowest BCUT2D eigenvalue weighted by Gasteiger charge is -2.04. The molecule has 10 nitrogen and oxygen atoms in total. The van der Waals surface area contributed by atoms with Gasteiger partial charge in [0.15, 0.2) is 5.95 Å². The van der Waals surface area contributed by atoms with E-state index in [0.29, 0.717) is 22.7 Å². The first-order chi connectivity index (χ1) is 14.5. The number of aromatic amines is 3. The van der Waals surface area contributed by atoms with Gasteiger partial charge in [0, 0.05) is 34.1 Å². The molecule has 30 heavy (non-hydrogen) atoms. The highest BCUT2D eigenvalue weighted by Gasteiger charge is 2.08. The summed E-state index contributed by atoms with van der Waals surface area (Å²) >= 11 is 0. The fourth-order valence-corrected chi connectivity index (χ4v) is 3.60. The van der Waals surface area contributed by atoms with E-state index in [9.17, 15) is 4.79 Å². The zero-order valence-electron chi connectivity index (χ0n) is 15.6. The lowest BCUT2D eigenvalue weighted by atomic mass is 10.1. The number of nitrogens with one attached hydrogen (secondary N) is 3. The lowest BCUT2D eigenvalue weighted by Crippen LogP contribution is -2.11. The van der Waals surface area contributed by atoms with Crippen LogP contribution in [0.4, 0.5) is 17.7 Å². The summed E-state index contributed by atoms with van der Waals surface area (Å²) in [6.07, 6.45) is 3.54. The van der Waals surface area contributed by atoms with Crippen LogP contribution in [-0.2, 0) is 0 Å². The van der Waals surface area contributed by atoms with Gasteiger partial charge in [-0.2, -0.15) is 4.98 Å². The van der Waals surface area contributed by atoms with Crippen LogP contribution in [0.3, 0.4) is 0 Å². The summed E-state index contributed by atoms with van der Waals surface area (Å²) in [4.78, 5) is 32.5. The third kappa shape index (κ3) is 2.75. The van der Waals surface area contributed by atoms with E-state index < -0.39 is 0 Å². The Morgan fingerprint density at radius 3 is 2.37 bits per heavy atom. The molecule has 2 aromatic carbocycles. The Hall–Kier alpha value is -4.60. The predicted molar refractivity (Wildman–Crippen MR) is 119 cm³/mol. The van der Waals surface area contributed by atoms with Crippen LogP contribution in [0.5, 0.6) is 0 Å². The van der Waals surface area contributed by atoms with E-state index in [1.54, 1.807) is 18.5 Å². The standard InChI is InChI=1S/C10H9N5.C10H8N4O/c11-9-8-5-3-4-13-6(5)1-2-7(8)14-10(12)15-9;11-10-13-7-2-1-6-5(3-4-12-6)8(7)9(15)14-10/h1-4H,11H2,(H3,12,14,15);1-4,12H,(H3,11,13,14,15). The molecule has 0 radical (unpaired) electrons. The van der Waals surface area contributed by atoms with Gasteiger partial charge >= 0.3 is 0 Å². The zero-order valence-corrected chi connectivity index (χ0v) is 15.6. The first-order valence-electron chi connectivity index (χ1n) is 9.05. The van der Waals surface area contributed by atoms with Crippen molar-refractivity contribution in [2.75, 3.05) is 17.2 Å². The molecule has 0 bridgehead atoms. The maximum Gasteiger partial charge on any atom is 0.260 e. The number of nitrogen functional groups attached to an aromatic ring is 3. The van der Waals surface area contributed by atoms with Crippen molar-refractivity contribution in [1.29, 1.82) is 0 Å². The average Bonchev–Trinajstić information content (AvgIpc) is 3.36. The Labute approximate surface area is 168 Å². The second-order valence-electron chi connectivity index (χ2n) is 6.72. The van der Waals surface area contributed by atoms with Gasteiger partial charge in [-0.1, -0.05) is 0 Å². The largest absolute Gasteiger partial charge is 0.383 e. The summed E-state index contributed by atoms with van der Waals surface area (Å²) in [6, 6.07) is 11.2. The van der Waals surface area contributed by atoms with Crippen LogP contribution in [-0.4, -0.2) is 29.9 Å². The molecule has 0 fully saturated rings. The molecule has 4 aromatic heterocycles. The normalized spacial score (nSPS) is 11.2. The van der Waals surface area contributed by atoms with E-state index in [4.69, 9.17) is 17.2 Å². The molecule has 6 aromatic rings. The molecular weight excluding hydrogens is 382 g/mol. The SMILES string of the molecule is Nc1nc(N)c2c(ccc3nccc32)[nH]1.Nc1nc2ccc3[nH]ccc3c2c(=O)[nH]1. The van der Waals surface area contributed by atoms with Crippen LogP contribution in [0.2, 0.25) is 0 Å². The number of nitrogens with zero attached hydrogens (tertiary/aromatic N) is 3. The fraction of sp³-hybridized carbons (Fsp3) is 0. The van der Waals surface area contributed by atoms with Crippen molar-refractivity contribution >= 4 is 61.3 Å². The summed E-state index contributed by atoms with van der Waals surface area (Å²) < 4.78 is 0. The van der Waals surface area contributed by atoms with Crippen molar-refractivity contribution in [3.63, 3.8) is 0 Å². The van der Waals surface area contributed by atoms with Crippen LogP contribution >= 0.6 is 0 Å². The number of hydrogen-bond acceptors (Lipinski definition) is 7. The minimum absolute atomic E-state index is 0.141. The Bertz CT molecular complexity index is 1610. The Morgan fingerprint density at radius 1 is 0.733 bits per heavy atom. The molecule has 0 saturated heterocycles. The highest BCUT2D eigenvalue weighted by Crippen LogP contribution is 2.27. The van der Waals surface area contributed by atoms with Crippen molar-refractivity contribution in [2.45, 2.75) is 0 Å². The molecular formula is C20H17N9O. The van der Waals surface area contributed by atoms with Crippen LogP contribution in [0.1, 0.15) is 0 Å². The topological polar surface area (TPSA) is 181 Å². The van der Waals surface area contributed by atoms with Crippen molar-refractivity contribution < 1.29 is 0 Å². The molecule has 9 N–H and O–H groups in total. The van der Waals surface area contributed by atoms with E-state index in [2.05, 4.69) is 29.9 Å². The minimum atomic E-state index is -0.206. The van der Waals surface area contributed by atoms with Crippen LogP contribution in [0.15, 0.2) is 53.6 Å². The molecule has 0 spiro atoms. The van der Waals surface area contributed by atoms with E-state index >= 15 is 0 Å². The number of anilines is 3. The van der Waals surface area contributed by atoms with Crippen LogP contribution in [0.25, 0.3) is 43.6 Å². The van der Waals surface area contributed by atoms with Crippen molar-refractivity contribution in [2.24, 2.45) is 0 Å². The van der Waals surface area contributed by atoms with E-state index in [-0.39, 0.29) is 11.5 Å². The fourth-order valence-electron chi connectivity index (χ4n) is 3.60. The Kier molecular flexibility index (Phi) is 3.78. The molecule has 0 unspecified atom stereocenters. The van der Waals surface area contributed by atoms with Gasteiger partial charge < -0.3 is 27.2 Å². The van der Waals surface area contributed by atoms with Crippen LogP contribution < -0.4 is 22.8 Å². The van der Waals surface area contributed by atoms with Gasteiger partial charge in [-0.15, -0.1) is 0 Å². The van der Waals surface area contributed by atoms with Gasteiger partial charge in [-0.25, -0.2) is 4.98 Å². The van der Waals surface area contributed by atoms with Crippen molar-refractivity contribution in [3.8, 4) is 0 Å². The molecule has 10 heteroatoms. The van der Waals surface area contributed by atoms with Crippen molar-refractivity contribution in [1.82, 2.24) is 29.9 Å². The molecule has 0 amide bonds. The summed E-state index contributed by atoms with van der Waals surface area (Å²) in [6.45, 7) is 0. The second-order valence-corrected chi connectivity index (χ2v) is 6.72. The smallest absolute Gasteiger partial charge is 0.260 e. The second kappa shape index (κ2) is 6.48. The number of aromatic nitrogens is 6. The van der Waals surface area contributed by atoms with Crippen LogP contribution in [0, 0.1) is 0 Å². The molecule has 148 valence electrons. The minimum Gasteiger partial charge on any atom is -0.383 e. The molecule has 0 aliphatic carbocycles. The quantitative estimate of drug-likeness (QED) is 0.226. The van der Waals surface area contributed by atoms with Crippen molar-refractivity contribution in [3.05, 3.63) is 59.1 Å². The Balaban J connectivity index is 0.000000128. The van der Waals surface area contributed by atoms with E-state index in [0.717, 1.165) is 32.7 Å². The number of fused-ring (bicyclic) bond motifs is 6. The molecule has 4 heterocycles. The maximum atomic E-state index is 11.7. The summed E-state index contributed by atoms with van der Waals surface area (Å²) in [5.74, 6) is 0.890. The third-order valence-electron chi connectivity index (χ3n) is 4.86.